The molecule has 0 saturated heterocycles. The van der Waals surface area contributed by atoms with E-state index in [1.807, 2.05) is 24.0 Å². The van der Waals surface area contributed by atoms with Crippen LogP contribution >= 0.6 is 11.6 Å². The van der Waals surface area contributed by atoms with Gasteiger partial charge in [0.25, 0.3) is 0 Å². The van der Waals surface area contributed by atoms with Gasteiger partial charge in [0.05, 0.1) is 6.20 Å². The average Bonchev–Trinajstić information content (AvgIpc) is 2.83. The molecule has 0 radical (unpaired) electrons. The molecule has 0 fully saturated rings. The van der Waals surface area contributed by atoms with Crippen molar-refractivity contribution in [2.75, 3.05) is 19.0 Å². The van der Waals surface area contributed by atoms with Gasteiger partial charge in [-0.1, -0.05) is 30.3 Å². The number of aromatic nitrogens is 2. The van der Waals surface area contributed by atoms with E-state index in [4.69, 9.17) is 11.6 Å². The molecule has 0 atom stereocenters. The number of aryl methyl sites for hydroxylation is 1. The first-order chi connectivity index (χ1) is 9.28. The zero-order valence-electron chi connectivity index (χ0n) is 11.3. The van der Waals surface area contributed by atoms with Crippen LogP contribution in [0.25, 0.3) is 0 Å². The Balaban J connectivity index is 1.89. The Labute approximate surface area is 119 Å². The molecule has 1 aromatic heterocycles. The van der Waals surface area contributed by atoms with Crippen molar-refractivity contribution >= 4 is 11.6 Å². The summed E-state index contributed by atoms with van der Waals surface area (Å²) in [5, 5.41) is 4.20. The molecule has 102 valence electrons. The summed E-state index contributed by atoms with van der Waals surface area (Å²) in [6, 6.07) is 10.5. The fourth-order valence-corrected chi connectivity index (χ4v) is 2.36. The molecule has 0 aliphatic carbocycles. The van der Waals surface area contributed by atoms with Crippen LogP contribution in [0.1, 0.15) is 11.1 Å². The van der Waals surface area contributed by atoms with Crippen molar-refractivity contribution in [3.05, 3.63) is 53.9 Å². The highest BCUT2D eigenvalue weighted by atomic mass is 35.5. The molecular formula is C15H20ClN3. The van der Waals surface area contributed by atoms with Crippen LogP contribution in [0.4, 0.5) is 0 Å². The predicted molar refractivity (Wildman–Crippen MR) is 79.4 cm³/mol. The number of benzene rings is 1. The molecular weight excluding hydrogens is 258 g/mol. The van der Waals surface area contributed by atoms with Crippen LogP contribution in [0.3, 0.4) is 0 Å². The minimum absolute atomic E-state index is 0.667. The third-order valence-corrected chi connectivity index (χ3v) is 3.29. The second-order valence-electron chi connectivity index (χ2n) is 4.72. The van der Waals surface area contributed by atoms with Crippen molar-refractivity contribution < 1.29 is 0 Å². The quantitative estimate of drug-likeness (QED) is 0.726. The highest BCUT2D eigenvalue weighted by Crippen LogP contribution is 2.07. The van der Waals surface area contributed by atoms with Crippen molar-refractivity contribution in [2.45, 2.75) is 13.0 Å². The first kappa shape index (κ1) is 14.1. The molecule has 19 heavy (non-hydrogen) atoms. The van der Waals surface area contributed by atoms with E-state index >= 15 is 0 Å². The van der Waals surface area contributed by atoms with E-state index in [-0.39, 0.29) is 0 Å². The zero-order valence-corrected chi connectivity index (χ0v) is 12.1. The van der Waals surface area contributed by atoms with Crippen LogP contribution in [0, 0.1) is 0 Å². The van der Waals surface area contributed by atoms with E-state index in [9.17, 15) is 0 Å². The lowest BCUT2D eigenvalue weighted by molar-refractivity contribution is 0.285. The molecule has 2 aromatic rings. The summed E-state index contributed by atoms with van der Waals surface area (Å²) in [5.74, 6) is 0.667. The van der Waals surface area contributed by atoms with Crippen molar-refractivity contribution in [3.63, 3.8) is 0 Å². The van der Waals surface area contributed by atoms with E-state index in [0.717, 1.165) is 26.1 Å². The van der Waals surface area contributed by atoms with Gasteiger partial charge in [-0.05, 0) is 17.5 Å². The first-order valence-corrected chi connectivity index (χ1v) is 7.11. The summed E-state index contributed by atoms with van der Waals surface area (Å²) in [7, 11) is 1.95. The highest BCUT2D eigenvalue weighted by Gasteiger charge is 2.06. The maximum absolute atomic E-state index is 5.89. The average molecular weight is 278 g/mol. The van der Waals surface area contributed by atoms with Crippen LogP contribution in [0.15, 0.2) is 42.7 Å². The second kappa shape index (κ2) is 7.31. The lowest BCUT2D eigenvalue weighted by Gasteiger charge is -2.21. The van der Waals surface area contributed by atoms with E-state index in [0.29, 0.717) is 5.88 Å². The van der Waals surface area contributed by atoms with Gasteiger partial charge in [-0.15, -0.1) is 11.6 Å². The number of nitrogens with zero attached hydrogens (tertiary/aromatic N) is 3. The fourth-order valence-electron chi connectivity index (χ4n) is 2.12. The lowest BCUT2D eigenvalue weighted by atomic mass is 10.2. The van der Waals surface area contributed by atoms with Crippen molar-refractivity contribution in [1.82, 2.24) is 14.7 Å². The molecule has 2 rings (SSSR count). The topological polar surface area (TPSA) is 21.1 Å². The van der Waals surface area contributed by atoms with Gasteiger partial charge in [-0.3, -0.25) is 9.58 Å². The summed E-state index contributed by atoms with van der Waals surface area (Å²) in [5.41, 5.74) is 2.61. The molecule has 0 unspecified atom stereocenters. The number of alkyl halides is 1. The van der Waals surface area contributed by atoms with E-state index in [1.54, 1.807) is 0 Å². The maximum Gasteiger partial charge on any atom is 0.0522 e. The molecule has 0 bridgehead atoms. The largest absolute Gasteiger partial charge is 0.298 e. The molecule has 1 aromatic carbocycles. The standard InChI is InChI=1S/C15H20ClN3/c1-18-12-15(11-17-18)7-9-19(10-8-16)13-14-5-3-2-4-6-14/h2-6,11-12H,7-10,13H2,1H3. The minimum atomic E-state index is 0.667. The number of halogens is 1. The molecule has 0 aliphatic rings. The number of hydrogen-bond donors (Lipinski definition) is 0. The summed E-state index contributed by atoms with van der Waals surface area (Å²) in [6.07, 6.45) is 5.01. The Morgan fingerprint density at radius 1 is 1.16 bits per heavy atom. The molecule has 1 heterocycles. The van der Waals surface area contributed by atoms with Crippen molar-refractivity contribution in [3.8, 4) is 0 Å². The summed E-state index contributed by atoms with van der Waals surface area (Å²) in [4.78, 5) is 2.38. The smallest absolute Gasteiger partial charge is 0.0522 e. The fraction of sp³-hybridized carbons (Fsp3) is 0.400. The van der Waals surface area contributed by atoms with E-state index in [1.165, 1.54) is 11.1 Å². The Kier molecular flexibility index (Phi) is 5.43. The van der Waals surface area contributed by atoms with Crippen molar-refractivity contribution in [2.24, 2.45) is 7.05 Å². The van der Waals surface area contributed by atoms with Crippen LogP contribution < -0.4 is 0 Å². The maximum atomic E-state index is 5.89. The number of hydrogen-bond acceptors (Lipinski definition) is 2. The summed E-state index contributed by atoms with van der Waals surface area (Å²) >= 11 is 5.89. The van der Waals surface area contributed by atoms with Gasteiger partial charge < -0.3 is 0 Å². The Bertz CT molecular complexity index is 481. The molecule has 0 spiro atoms. The van der Waals surface area contributed by atoms with Gasteiger partial charge in [0.1, 0.15) is 0 Å². The molecule has 0 N–H and O–H groups in total. The predicted octanol–water partition coefficient (Wildman–Crippen LogP) is 2.70. The second-order valence-corrected chi connectivity index (χ2v) is 5.10. The summed E-state index contributed by atoms with van der Waals surface area (Å²) in [6.45, 7) is 2.87. The lowest BCUT2D eigenvalue weighted by Crippen LogP contribution is -2.27. The van der Waals surface area contributed by atoms with Crippen LogP contribution in [-0.4, -0.2) is 33.6 Å². The van der Waals surface area contributed by atoms with Gasteiger partial charge in [0, 0.05) is 38.8 Å². The van der Waals surface area contributed by atoms with E-state index in [2.05, 4.69) is 40.5 Å². The van der Waals surface area contributed by atoms with Crippen LogP contribution in [0.2, 0.25) is 0 Å². The molecule has 0 amide bonds. The Hall–Kier alpha value is -1.32. The summed E-state index contributed by atoms with van der Waals surface area (Å²) < 4.78 is 1.85. The Morgan fingerprint density at radius 3 is 2.58 bits per heavy atom. The first-order valence-electron chi connectivity index (χ1n) is 6.57. The monoisotopic (exact) mass is 277 g/mol. The number of rotatable bonds is 7. The van der Waals surface area contributed by atoms with Crippen LogP contribution in [-0.2, 0) is 20.0 Å². The molecule has 0 saturated carbocycles. The zero-order chi connectivity index (χ0) is 13.5. The van der Waals surface area contributed by atoms with Gasteiger partial charge in [-0.2, -0.15) is 5.10 Å². The van der Waals surface area contributed by atoms with Gasteiger partial charge in [0.15, 0.2) is 0 Å². The van der Waals surface area contributed by atoms with Crippen molar-refractivity contribution in [1.29, 1.82) is 0 Å². The van der Waals surface area contributed by atoms with Gasteiger partial charge in [-0.25, -0.2) is 0 Å². The third kappa shape index (κ3) is 4.69. The molecule has 4 heteroatoms. The van der Waals surface area contributed by atoms with Crippen LogP contribution in [0.5, 0.6) is 0 Å². The molecule has 3 nitrogen and oxygen atoms in total. The highest BCUT2D eigenvalue weighted by molar-refractivity contribution is 6.18. The normalized spacial score (nSPS) is 11.1. The van der Waals surface area contributed by atoms with E-state index < -0.39 is 0 Å². The third-order valence-electron chi connectivity index (χ3n) is 3.12. The van der Waals surface area contributed by atoms with Gasteiger partial charge >= 0.3 is 0 Å². The molecule has 0 aliphatic heterocycles. The van der Waals surface area contributed by atoms with Gasteiger partial charge in [0.2, 0.25) is 0 Å². The Morgan fingerprint density at radius 2 is 1.95 bits per heavy atom. The SMILES string of the molecule is Cn1cc(CCN(CCCl)Cc2ccccc2)cn1. The minimum Gasteiger partial charge on any atom is -0.298 e.